The minimum atomic E-state index is -0.376. The van der Waals surface area contributed by atoms with Gasteiger partial charge in [0.05, 0.1) is 27.4 Å². The number of nitrogens with one attached hydrogen (secondary N) is 1. The van der Waals surface area contributed by atoms with Crippen molar-refractivity contribution in [1.29, 1.82) is 5.26 Å². The van der Waals surface area contributed by atoms with Crippen LogP contribution in [0.15, 0.2) is 12.1 Å². The van der Waals surface area contributed by atoms with E-state index in [1.165, 1.54) is 21.3 Å². The fourth-order valence-electron chi connectivity index (χ4n) is 1.51. The minimum Gasteiger partial charge on any atom is -0.493 e. The molecule has 0 spiro atoms. The van der Waals surface area contributed by atoms with Crippen LogP contribution in [0.3, 0.4) is 0 Å². The van der Waals surface area contributed by atoms with Crippen LogP contribution in [0.4, 0.5) is 0 Å². The van der Waals surface area contributed by atoms with E-state index < -0.39 is 0 Å². The van der Waals surface area contributed by atoms with Crippen LogP contribution in [-0.4, -0.2) is 41.0 Å². The number of nitrogens with zero attached hydrogens (tertiary/aromatic N) is 1. The van der Waals surface area contributed by atoms with E-state index in [0.717, 1.165) is 0 Å². The Bertz CT molecular complexity index is 431. The second-order valence-corrected chi connectivity index (χ2v) is 3.64. The predicted octanol–water partition coefficient (Wildman–Crippen LogP) is 1.20. The molecule has 0 amide bonds. The minimum absolute atomic E-state index is 0.228. The van der Waals surface area contributed by atoms with Crippen molar-refractivity contribution in [1.82, 2.24) is 5.32 Å². The molecular weight excluding hydrogens is 248 g/mol. The number of nitriles is 1. The van der Waals surface area contributed by atoms with Crippen LogP contribution >= 0.6 is 0 Å². The molecule has 1 aromatic rings. The molecule has 1 N–H and O–H groups in total. The van der Waals surface area contributed by atoms with Gasteiger partial charge in [-0.2, -0.15) is 5.26 Å². The van der Waals surface area contributed by atoms with Gasteiger partial charge in [-0.05, 0) is 7.05 Å². The van der Waals surface area contributed by atoms with Gasteiger partial charge in [-0.3, -0.25) is 0 Å². The summed E-state index contributed by atoms with van der Waals surface area (Å²) in [5.74, 6) is 2.07. The summed E-state index contributed by atoms with van der Waals surface area (Å²) in [5, 5.41) is 11.7. The van der Waals surface area contributed by atoms with Gasteiger partial charge in [-0.25, -0.2) is 0 Å². The highest BCUT2D eigenvalue weighted by atomic mass is 16.5. The lowest BCUT2D eigenvalue weighted by atomic mass is 10.2. The Kier molecular flexibility index (Phi) is 5.76. The molecule has 0 aromatic heterocycles. The molecule has 0 heterocycles. The summed E-state index contributed by atoms with van der Waals surface area (Å²) < 4.78 is 21.2. The van der Waals surface area contributed by atoms with E-state index in [-0.39, 0.29) is 12.6 Å². The Labute approximate surface area is 112 Å². The van der Waals surface area contributed by atoms with Crippen molar-refractivity contribution < 1.29 is 18.9 Å². The van der Waals surface area contributed by atoms with Crippen molar-refractivity contribution >= 4 is 0 Å². The van der Waals surface area contributed by atoms with Crippen molar-refractivity contribution in [3.05, 3.63) is 12.1 Å². The van der Waals surface area contributed by atoms with Gasteiger partial charge in [0.15, 0.2) is 11.5 Å². The Morgan fingerprint density at radius 2 is 1.74 bits per heavy atom. The molecule has 0 saturated carbocycles. The zero-order chi connectivity index (χ0) is 14.3. The molecule has 0 saturated heterocycles. The van der Waals surface area contributed by atoms with Gasteiger partial charge in [0, 0.05) is 12.1 Å². The maximum atomic E-state index is 8.83. The highest BCUT2D eigenvalue weighted by Gasteiger charge is 2.14. The molecule has 6 nitrogen and oxygen atoms in total. The summed E-state index contributed by atoms with van der Waals surface area (Å²) in [6, 6.07) is 5.07. The van der Waals surface area contributed by atoms with E-state index in [2.05, 4.69) is 11.4 Å². The monoisotopic (exact) mass is 266 g/mol. The lowest BCUT2D eigenvalue weighted by molar-refractivity contribution is 0.284. The fraction of sp³-hybridized carbons (Fsp3) is 0.462. The van der Waals surface area contributed by atoms with E-state index in [4.69, 9.17) is 24.2 Å². The highest BCUT2D eigenvalue weighted by Crippen LogP contribution is 2.40. The first-order chi connectivity index (χ1) is 9.19. The maximum Gasteiger partial charge on any atom is 0.203 e. The Morgan fingerprint density at radius 3 is 2.11 bits per heavy atom. The molecule has 1 aromatic carbocycles. The molecule has 19 heavy (non-hydrogen) atoms. The molecule has 0 aliphatic heterocycles. The summed E-state index contributed by atoms with van der Waals surface area (Å²) in [6.45, 7) is 0.228. The number of hydrogen-bond donors (Lipinski definition) is 1. The predicted molar refractivity (Wildman–Crippen MR) is 70.1 cm³/mol. The highest BCUT2D eigenvalue weighted by molar-refractivity contribution is 5.55. The molecular formula is C13H18N2O4. The SMILES string of the molecule is CNC(C#N)COc1cc(OC)c(OC)c(OC)c1. The first-order valence-corrected chi connectivity index (χ1v) is 5.69. The molecule has 0 aliphatic carbocycles. The molecule has 1 rings (SSSR count). The van der Waals surface area contributed by atoms with Gasteiger partial charge in [0.2, 0.25) is 5.75 Å². The average molecular weight is 266 g/mol. The second-order valence-electron chi connectivity index (χ2n) is 3.64. The molecule has 104 valence electrons. The van der Waals surface area contributed by atoms with Crippen molar-refractivity contribution in [3.63, 3.8) is 0 Å². The smallest absolute Gasteiger partial charge is 0.203 e. The largest absolute Gasteiger partial charge is 0.493 e. The van der Waals surface area contributed by atoms with Gasteiger partial charge >= 0.3 is 0 Å². The number of likely N-dealkylation sites (N-methyl/N-ethyl adjacent to an activating group) is 1. The van der Waals surface area contributed by atoms with Gasteiger partial charge < -0.3 is 24.3 Å². The zero-order valence-corrected chi connectivity index (χ0v) is 11.5. The molecule has 0 fully saturated rings. The van der Waals surface area contributed by atoms with Crippen molar-refractivity contribution in [3.8, 4) is 29.1 Å². The van der Waals surface area contributed by atoms with Crippen LogP contribution in [0.1, 0.15) is 0 Å². The second kappa shape index (κ2) is 7.34. The van der Waals surface area contributed by atoms with Crippen LogP contribution < -0.4 is 24.3 Å². The number of ether oxygens (including phenoxy) is 4. The standard InChI is InChI=1S/C13H18N2O4/c1-15-9(7-14)8-19-10-5-11(16-2)13(18-4)12(6-10)17-3/h5-6,9,15H,8H2,1-4H3. The molecule has 1 atom stereocenters. The third kappa shape index (κ3) is 3.66. The van der Waals surface area contributed by atoms with Crippen molar-refractivity contribution in [2.75, 3.05) is 35.0 Å². The number of benzene rings is 1. The van der Waals surface area contributed by atoms with Gasteiger partial charge in [-0.1, -0.05) is 0 Å². The third-order valence-corrected chi connectivity index (χ3v) is 2.56. The van der Waals surface area contributed by atoms with E-state index in [0.29, 0.717) is 23.0 Å². The summed E-state index contributed by atoms with van der Waals surface area (Å²) in [6.07, 6.45) is 0. The summed E-state index contributed by atoms with van der Waals surface area (Å²) >= 11 is 0. The average Bonchev–Trinajstić information content (AvgIpc) is 2.46. The summed E-state index contributed by atoms with van der Waals surface area (Å²) in [7, 11) is 6.31. The Morgan fingerprint density at radius 1 is 1.16 bits per heavy atom. The van der Waals surface area contributed by atoms with Crippen molar-refractivity contribution in [2.24, 2.45) is 0 Å². The van der Waals surface area contributed by atoms with Crippen molar-refractivity contribution in [2.45, 2.75) is 6.04 Å². The fourth-order valence-corrected chi connectivity index (χ4v) is 1.51. The lowest BCUT2D eigenvalue weighted by Crippen LogP contribution is -2.29. The van der Waals surface area contributed by atoms with Gasteiger partial charge in [-0.15, -0.1) is 0 Å². The molecule has 0 bridgehead atoms. The van der Waals surface area contributed by atoms with Crippen LogP contribution in [0.25, 0.3) is 0 Å². The van der Waals surface area contributed by atoms with E-state index in [1.807, 2.05) is 0 Å². The van der Waals surface area contributed by atoms with Crippen LogP contribution in [0.5, 0.6) is 23.0 Å². The normalized spacial score (nSPS) is 11.3. The third-order valence-electron chi connectivity index (χ3n) is 2.56. The molecule has 0 aliphatic rings. The van der Waals surface area contributed by atoms with E-state index >= 15 is 0 Å². The van der Waals surface area contributed by atoms with Crippen LogP contribution in [-0.2, 0) is 0 Å². The quantitative estimate of drug-likeness (QED) is 0.799. The topological polar surface area (TPSA) is 72.7 Å². The molecule has 1 unspecified atom stereocenters. The number of hydrogen-bond acceptors (Lipinski definition) is 6. The molecule has 6 heteroatoms. The maximum absolute atomic E-state index is 8.83. The number of rotatable bonds is 7. The van der Waals surface area contributed by atoms with Crippen LogP contribution in [0.2, 0.25) is 0 Å². The summed E-state index contributed by atoms with van der Waals surface area (Å²) in [5.41, 5.74) is 0. The van der Waals surface area contributed by atoms with Gasteiger partial charge in [0.25, 0.3) is 0 Å². The first kappa shape index (κ1) is 14.9. The summed E-state index contributed by atoms with van der Waals surface area (Å²) in [4.78, 5) is 0. The first-order valence-electron chi connectivity index (χ1n) is 5.69. The Balaban J connectivity index is 2.94. The van der Waals surface area contributed by atoms with E-state index in [9.17, 15) is 0 Å². The van der Waals surface area contributed by atoms with Crippen LogP contribution in [0, 0.1) is 11.3 Å². The molecule has 0 radical (unpaired) electrons. The van der Waals surface area contributed by atoms with E-state index in [1.54, 1.807) is 19.2 Å². The Hall–Kier alpha value is -2.13. The van der Waals surface area contributed by atoms with Gasteiger partial charge in [0.1, 0.15) is 18.4 Å². The lowest BCUT2D eigenvalue weighted by Gasteiger charge is -2.15. The number of methoxy groups -OCH3 is 3. The zero-order valence-electron chi connectivity index (χ0n) is 11.5.